The topological polar surface area (TPSA) is 48.8 Å². The van der Waals surface area contributed by atoms with E-state index in [9.17, 15) is 0 Å². The third-order valence-electron chi connectivity index (χ3n) is 2.64. The van der Waals surface area contributed by atoms with Crippen molar-refractivity contribution in [1.29, 1.82) is 5.26 Å². The Hall–Kier alpha value is -1.27. The smallest absolute Gasteiger partial charge is 0.0622 e. The van der Waals surface area contributed by atoms with Gasteiger partial charge >= 0.3 is 0 Å². The second kappa shape index (κ2) is 3.23. The number of nitrogens with zero attached hydrogens (tertiary/aromatic N) is 1. The number of rotatable bonds is 3. The molecule has 1 aromatic rings. The van der Waals surface area contributed by atoms with Gasteiger partial charge in [-0.3, -0.25) is 0 Å². The van der Waals surface area contributed by atoms with E-state index in [1.165, 1.54) is 5.69 Å². The zero-order valence-corrected chi connectivity index (χ0v) is 7.42. The van der Waals surface area contributed by atoms with Gasteiger partial charge in [0.05, 0.1) is 24.7 Å². The molecule has 3 nitrogen and oxygen atoms in total. The predicted octanol–water partition coefficient (Wildman–Crippen LogP) is 1.59. The Morgan fingerprint density at radius 1 is 1.62 bits per heavy atom. The summed E-state index contributed by atoms with van der Waals surface area (Å²) in [5.41, 5.74) is 1.30. The van der Waals surface area contributed by atoms with E-state index in [2.05, 4.69) is 17.1 Å². The van der Waals surface area contributed by atoms with Crippen LogP contribution in [0.25, 0.3) is 0 Å². The van der Waals surface area contributed by atoms with Gasteiger partial charge < -0.3 is 9.72 Å². The van der Waals surface area contributed by atoms with Crippen LogP contribution >= 0.6 is 0 Å². The van der Waals surface area contributed by atoms with Crippen LogP contribution in [0, 0.1) is 11.3 Å². The van der Waals surface area contributed by atoms with Crippen molar-refractivity contribution < 1.29 is 4.74 Å². The standard InChI is InChI=1S/C10H12N2O/c11-5-2-4-10(7-13-8-10)9-3-1-6-12-9/h1,3,6,12H,2,4,7-8H2. The van der Waals surface area contributed by atoms with Crippen molar-refractivity contribution in [3.05, 3.63) is 24.0 Å². The highest BCUT2D eigenvalue weighted by Gasteiger charge is 2.40. The SMILES string of the molecule is N#CCCC1(c2ccc[nH]2)COC1. The van der Waals surface area contributed by atoms with Gasteiger partial charge in [0.2, 0.25) is 0 Å². The summed E-state index contributed by atoms with van der Waals surface area (Å²) in [6.07, 6.45) is 3.41. The van der Waals surface area contributed by atoms with Crippen LogP contribution in [0.15, 0.2) is 18.3 Å². The number of aromatic nitrogens is 1. The van der Waals surface area contributed by atoms with Crippen molar-refractivity contribution in [2.24, 2.45) is 0 Å². The van der Waals surface area contributed by atoms with E-state index in [0.717, 1.165) is 19.6 Å². The summed E-state index contributed by atoms with van der Waals surface area (Å²) in [6.45, 7) is 1.49. The van der Waals surface area contributed by atoms with Crippen molar-refractivity contribution >= 4 is 0 Å². The zero-order valence-electron chi connectivity index (χ0n) is 7.42. The molecular weight excluding hydrogens is 164 g/mol. The third-order valence-corrected chi connectivity index (χ3v) is 2.64. The molecule has 1 aliphatic heterocycles. The Labute approximate surface area is 77.3 Å². The molecule has 0 aromatic carbocycles. The number of aromatic amines is 1. The first-order chi connectivity index (χ1) is 6.37. The van der Waals surface area contributed by atoms with Crippen LogP contribution in [0.3, 0.4) is 0 Å². The number of H-pyrrole nitrogens is 1. The largest absolute Gasteiger partial charge is 0.379 e. The highest BCUT2D eigenvalue weighted by atomic mass is 16.5. The van der Waals surface area contributed by atoms with Gasteiger partial charge in [0.15, 0.2) is 0 Å². The molecule has 2 rings (SSSR count). The van der Waals surface area contributed by atoms with Gasteiger partial charge in [0.1, 0.15) is 0 Å². The third kappa shape index (κ3) is 1.34. The number of hydrogen-bond donors (Lipinski definition) is 1. The quantitative estimate of drug-likeness (QED) is 0.760. The van der Waals surface area contributed by atoms with Crippen LogP contribution in [0.2, 0.25) is 0 Å². The minimum absolute atomic E-state index is 0.0965. The summed E-state index contributed by atoms with van der Waals surface area (Å²) in [6, 6.07) is 6.24. The average Bonchev–Trinajstić information content (AvgIpc) is 2.56. The molecule has 0 saturated carbocycles. The van der Waals surface area contributed by atoms with Gasteiger partial charge in [-0.2, -0.15) is 5.26 Å². The molecule has 1 aromatic heterocycles. The molecule has 0 unspecified atom stereocenters. The van der Waals surface area contributed by atoms with Crippen LogP contribution in [0.5, 0.6) is 0 Å². The van der Waals surface area contributed by atoms with Crippen LogP contribution in [0.1, 0.15) is 18.5 Å². The predicted molar refractivity (Wildman–Crippen MR) is 48.1 cm³/mol. The fourth-order valence-corrected chi connectivity index (χ4v) is 1.74. The number of nitriles is 1. The number of hydrogen-bond acceptors (Lipinski definition) is 2. The lowest BCUT2D eigenvalue weighted by Crippen LogP contribution is -2.46. The van der Waals surface area contributed by atoms with Crippen LogP contribution < -0.4 is 0 Å². The molecule has 0 spiro atoms. The van der Waals surface area contributed by atoms with Crippen molar-refractivity contribution in [3.63, 3.8) is 0 Å². The molecule has 1 saturated heterocycles. The Bertz CT molecular complexity index is 306. The monoisotopic (exact) mass is 176 g/mol. The normalized spacial score (nSPS) is 19.0. The van der Waals surface area contributed by atoms with Gasteiger partial charge in [-0.25, -0.2) is 0 Å². The van der Waals surface area contributed by atoms with Crippen molar-refractivity contribution in [2.75, 3.05) is 13.2 Å². The van der Waals surface area contributed by atoms with E-state index in [4.69, 9.17) is 10.00 Å². The van der Waals surface area contributed by atoms with Gasteiger partial charge in [0, 0.05) is 18.3 Å². The van der Waals surface area contributed by atoms with Gasteiger partial charge in [-0.15, -0.1) is 0 Å². The van der Waals surface area contributed by atoms with E-state index in [-0.39, 0.29) is 5.41 Å². The first kappa shape index (κ1) is 8.33. The Morgan fingerprint density at radius 2 is 2.46 bits per heavy atom. The molecule has 3 heteroatoms. The summed E-state index contributed by atoms with van der Waals surface area (Å²) in [4.78, 5) is 3.20. The fourth-order valence-electron chi connectivity index (χ4n) is 1.74. The lowest BCUT2D eigenvalue weighted by molar-refractivity contribution is -0.0655. The molecule has 68 valence electrons. The molecule has 1 N–H and O–H groups in total. The second-order valence-corrected chi connectivity index (χ2v) is 3.52. The highest BCUT2D eigenvalue weighted by Crippen LogP contribution is 2.35. The molecule has 0 aliphatic carbocycles. The molecule has 0 amide bonds. The highest BCUT2D eigenvalue weighted by molar-refractivity contribution is 5.21. The maximum atomic E-state index is 8.55. The Balaban J connectivity index is 2.12. The maximum absolute atomic E-state index is 8.55. The second-order valence-electron chi connectivity index (χ2n) is 3.52. The Morgan fingerprint density at radius 3 is 2.92 bits per heavy atom. The fraction of sp³-hybridized carbons (Fsp3) is 0.500. The molecule has 13 heavy (non-hydrogen) atoms. The Kier molecular flexibility index (Phi) is 2.07. The maximum Gasteiger partial charge on any atom is 0.0622 e. The first-order valence-corrected chi connectivity index (χ1v) is 4.46. The van der Waals surface area contributed by atoms with Gasteiger partial charge in [0.25, 0.3) is 0 Å². The summed E-state index contributed by atoms with van der Waals surface area (Å²) < 4.78 is 5.23. The summed E-state index contributed by atoms with van der Waals surface area (Å²) >= 11 is 0. The molecule has 1 fully saturated rings. The molecule has 0 atom stereocenters. The molecular formula is C10H12N2O. The van der Waals surface area contributed by atoms with Crippen LogP contribution in [-0.4, -0.2) is 18.2 Å². The lowest BCUT2D eigenvalue weighted by Gasteiger charge is -2.40. The van der Waals surface area contributed by atoms with Gasteiger partial charge in [-0.05, 0) is 18.6 Å². The van der Waals surface area contributed by atoms with E-state index in [1.54, 1.807) is 0 Å². The average molecular weight is 176 g/mol. The lowest BCUT2D eigenvalue weighted by atomic mass is 9.78. The first-order valence-electron chi connectivity index (χ1n) is 4.46. The van der Waals surface area contributed by atoms with Crippen LogP contribution in [0.4, 0.5) is 0 Å². The summed E-state index contributed by atoms with van der Waals surface area (Å²) in [7, 11) is 0. The molecule has 0 bridgehead atoms. The van der Waals surface area contributed by atoms with Gasteiger partial charge in [-0.1, -0.05) is 0 Å². The molecule has 1 aliphatic rings. The van der Waals surface area contributed by atoms with E-state index < -0.39 is 0 Å². The molecule has 2 heterocycles. The van der Waals surface area contributed by atoms with E-state index >= 15 is 0 Å². The van der Waals surface area contributed by atoms with Crippen molar-refractivity contribution in [3.8, 4) is 6.07 Å². The summed E-state index contributed by atoms with van der Waals surface area (Å²) in [5, 5.41) is 8.55. The minimum atomic E-state index is 0.0965. The van der Waals surface area contributed by atoms with Crippen molar-refractivity contribution in [2.45, 2.75) is 18.3 Å². The number of ether oxygens (including phenoxy) is 1. The van der Waals surface area contributed by atoms with E-state index in [1.807, 2.05) is 12.3 Å². The van der Waals surface area contributed by atoms with Crippen LogP contribution in [-0.2, 0) is 10.2 Å². The minimum Gasteiger partial charge on any atom is -0.379 e. The molecule has 0 radical (unpaired) electrons. The number of nitrogens with one attached hydrogen (secondary N) is 1. The van der Waals surface area contributed by atoms with Crippen molar-refractivity contribution in [1.82, 2.24) is 4.98 Å². The zero-order chi connectivity index (χ0) is 9.15. The van der Waals surface area contributed by atoms with E-state index in [0.29, 0.717) is 6.42 Å². The summed E-state index contributed by atoms with van der Waals surface area (Å²) in [5.74, 6) is 0.